The monoisotopic (exact) mass is 428 g/mol. The second-order valence-corrected chi connectivity index (χ2v) is 8.35. The molecule has 0 bridgehead atoms. The first-order chi connectivity index (χ1) is 15.2. The molecule has 5 rings (SSSR count). The third-order valence-electron chi connectivity index (χ3n) is 6.86. The summed E-state index contributed by atoms with van der Waals surface area (Å²) < 4.78 is 34.4. The topological polar surface area (TPSA) is 72.0 Å². The Bertz CT molecular complexity index is 944. The van der Waals surface area contributed by atoms with Gasteiger partial charge in [0.2, 0.25) is 5.75 Å². The van der Waals surface area contributed by atoms with Crippen molar-refractivity contribution in [3.05, 3.63) is 41.0 Å². The van der Waals surface area contributed by atoms with E-state index in [9.17, 15) is 0 Å². The van der Waals surface area contributed by atoms with Gasteiger partial charge in [-0.25, -0.2) is 0 Å². The highest BCUT2D eigenvalue weighted by Crippen LogP contribution is 2.47. The van der Waals surface area contributed by atoms with Crippen molar-refractivity contribution in [3.8, 4) is 28.7 Å². The predicted octanol–water partition coefficient (Wildman–Crippen LogP) is 2.20. The fourth-order valence-electron chi connectivity index (χ4n) is 5.23. The minimum absolute atomic E-state index is 0.0839. The Morgan fingerprint density at radius 1 is 0.839 bits per heavy atom. The SMILES string of the molecule is COc1cc([C@@H]2[NH2+]CC3(CCOCC3)c3cc4c(cc32)OCCO4)cc(OC)c1OC. The molecule has 2 N–H and O–H groups in total. The number of hydrogen-bond acceptors (Lipinski definition) is 6. The Hall–Kier alpha value is -2.64. The van der Waals surface area contributed by atoms with E-state index in [0.29, 0.717) is 30.5 Å². The summed E-state index contributed by atoms with van der Waals surface area (Å²) in [6.07, 6.45) is 2.02. The molecule has 1 fully saturated rings. The van der Waals surface area contributed by atoms with Crippen molar-refractivity contribution in [1.82, 2.24) is 0 Å². The summed E-state index contributed by atoms with van der Waals surface area (Å²) in [4.78, 5) is 0. The zero-order valence-corrected chi connectivity index (χ0v) is 18.4. The number of methoxy groups -OCH3 is 3. The van der Waals surface area contributed by atoms with Gasteiger partial charge in [0.05, 0.1) is 27.9 Å². The Balaban J connectivity index is 1.66. The van der Waals surface area contributed by atoms with Gasteiger partial charge in [0.15, 0.2) is 23.0 Å². The van der Waals surface area contributed by atoms with Crippen molar-refractivity contribution in [3.63, 3.8) is 0 Å². The second-order valence-electron chi connectivity index (χ2n) is 8.35. The fraction of sp³-hybridized carbons (Fsp3) is 0.500. The van der Waals surface area contributed by atoms with Crippen LogP contribution in [0.1, 0.15) is 35.6 Å². The summed E-state index contributed by atoms with van der Waals surface area (Å²) in [5, 5.41) is 2.42. The third kappa shape index (κ3) is 3.36. The first-order valence-electron chi connectivity index (χ1n) is 10.8. The lowest BCUT2D eigenvalue weighted by molar-refractivity contribution is -0.699. The van der Waals surface area contributed by atoms with Crippen molar-refractivity contribution in [2.75, 3.05) is 54.3 Å². The van der Waals surface area contributed by atoms with Crippen molar-refractivity contribution in [2.45, 2.75) is 24.3 Å². The molecule has 7 heteroatoms. The minimum Gasteiger partial charge on any atom is -0.493 e. The van der Waals surface area contributed by atoms with Gasteiger partial charge < -0.3 is 33.7 Å². The highest BCUT2D eigenvalue weighted by atomic mass is 16.6. The summed E-state index contributed by atoms with van der Waals surface area (Å²) in [5.74, 6) is 3.60. The van der Waals surface area contributed by atoms with Crippen molar-refractivity contribution >= 4 is 0 Å². The van der Waals surface area contributed by atoms with Crippen molar-refractivity contribution in [1.29, 1.82) is 0 Å². The average Bonchev–Trinajstić information content (AvgIpc) is 2.83. The summed E-state index contributed by atoms with van der Waals surface area (Å²) >= 11 is 0. The molecule has 1 atom stereocenters. The maximum Gasteiger partial charge on any atom is 0.203 e. The third-order valence-corrected chi connectivity index (χ3v) is 6.86. The first kappa shape index (κ1) is 20.3. The van der Waals surface area contributed by atoms with Crippen LogP contribution >= 0.6 is 0 Å². The number of rotatable bonds is 4. The molecule has 0 aliphatic carbocycles. The average molecular weight is 429 g/mol. The quantitative estimate of drug-likeness (QED) is 0.805. The summed E-state index contributed by atoms with van der Waals surface area (Å²) in [5.41, 5.74) is 3.79. The molecule has 0 radical (unpaired) electrons. The summed E-state index contributed by atoms with van der Waals surface area (Å²) in [6, 6.07) is 8.57. The normalized spacial score (nSPS) is 21.3. The molecule has 2 aromatic carbocycles. The van der Waals surface area contributed by atoms with Gasteiger partial charge in [0.1, 0.15) is 19.3 Å². The number of quaternary nitrogens is 1. The molecule has 1 spiro atoms. The van der Waals surface area contributed by atoms with Crippen LogP contribution < -0.4 is 29.0 Å². The van der Waals surface area contributed by atoms with E-state index in [1.54, 1.807) is 21.3 Å². The zero-order valence-electron chi connectivity index (χ0n) is 18.4. The van der Waals surface area contributed by atoms with E-state index in [4.69, 9.17) is 28.4 Å². The molecule has 0 amide bonds. The maximum absolute atomic E-state index is 5.94. The molecule has 2 aromatic rings. The predicted molar refractivity (Wildman–Crippen MR) is 114 cm³/mol. The highest BCUT2D eigenvalue weighted by Gasteiger charge is 2.45. The van der Waals surface area contributed by atoms with Gasteiger partial charge in [-0.3, -0.25) is 0 Å². The van der Waals surface area contributed by atoms with Crippen LogP contribution in [0.15, 0.2) is 24.3 Å². The second kappa shape index (κ2) is 8.13. The van der Waals surface area contributed by atoms with Crippen LogP contribution in [0, 0.1) is 0 Å². The minimum atomic E-state index is 0.0839. The molecule has 3 heterocycles. The highest BCUT2D eigenvalue weighted by molar-refractivity contribution is 5.58. The van der Waals surface area contributed by atoms with E-state index in [0.717, 1.165) is 49.7 Å². The summed E-state index contributed by atoms with van der Waals surface area (Å²) in [7, 11) is 4.93. The number of fused-ring (bicyclic) bond motifs is 3. The van der Waals surface area contributed by atoms with Gasteiger partial charge >= 0.3 is 0 Å². The summed E-state index contributed by atoms with van der Waals surface area (Å²) in [6.45, 7) is 3.73. The van der Waals surface area contributed by atoms with Gasteiger partial charge in [-0.15, -0.1) is 0 Å². The molecule has 3 aliphatic heterocycles. The Kier molecular flexibility index (Phi) is 5.32. The largest absolute Gasteiger partial charge is 0.493 e. The van der Waals surface area contributed by atoms with Gasteiger partial charge in [-0.2, -0.15) is 0 Å². The first-order valence-corrected chi connectivity index (χ1v) is 10.8. The van der Waals surface area contributed by atoms with Crippen LogP contribution in [0.5, 0.6) is 28.7 Å². The van der Waals surface area contributed by atoms with E-state index < -0.39 is 0 Å². The van der Waals surface area contributed by atoms with Crippen molar-refractivity contribution in [2.24, 2.45) is 0 Å². The van der Waals surface area contributed by atoms with E-state index in [-0.39, 0.29) is 11.5 Å². The molecule has 3 aliphatic rings. The lowest BCUT2D eigenvalue weighted by atomic mass is 9.68. The lowest BCUT2D eigenvalue weighted by Crippen LogP contribution is -2.91. The van der Waals surface area contributed by atoms with Crippen molar-refractivity contribution < 1.29 is 33.7 Å². The van der Waals surface area contributed by atoms with Crippen LogP contribution in [-0.4, -0.2) is 54.3 Å². The standard InChI is InChI=1S/C24H29NO6/c1-26-20-10-15(11-21(27-2)23(20)28-3)22-16-12-18-19(31-9-8-30-18)13-17(16)24(14-25-22)4-6-29-7-5-24/h10-13,22,25H,4-9,14H2,1-3H3/p+1/t22-/m0/s1. The van der Waals surface area contributed by atoms with Crippen LogP contribution in [0.3, 0.4) is 0 Å². The molecular formula is C24H30NO6+. The Morgan fingerprint density at radius 3 is 2.10 bits per heavy atom. The molecule has 166 valence electrons. The van der Waals surface area contributed by atoms with E-state index in [1.807, 2.05) is 12.1 Å². The van der Waals surface area contributed by atoms with Gasteiger partial charge in [-0.05, 0) is 42.7 Å². The smallest absolute Gasteiger partial charge is 0.203 e. The Morgan fingerprint density at radius 2 is 1.48 bits per heavy atom. The number of hydrogen-bond donors (Lipinski definition) is 1. The van der Waals surface area contributed by atoms with Gasteiger partial charge in [0.25, 0.3) is 0 Å². The number of ether oxygens (including phenoxy) is 6. The molecule has 0 aromatic heterocycles. The number of nitrogens with two attached hydrogens (primary N) is 1. The van der Waals surface area contributed by atoms with E-state index in [1.165, 1.54) is 11.1 Å². The van der Waals surface area contributed by atoms with Crippen LogP contribution in [-0.2, 0) is 10.2 Å². The Labute approximate surface area is 182 Å². The maximum atomic E-state index is 5.94. The van der Waals surface area contributed by atoms with Crippen LogP contribution in [0.4, 0.5) is 0 Å². The molecule has 1 saturated heterocycles. The van der Waals surface area contributed by atoms with Crippen LogP contribution in [0.25, 0.3) is 0 Å². The van der Waals surface area contributed by atoms with Gasteiger partial charge in [0, 0.05) is 29.8 Å². The molecule has 7 nitrogen and oxygen atoms in total. The van der Waals surface area contributed by atoms with Crippen LogP contribution in [0.2, 0.25) is 0 Å². The lowest BCUT2D eigenvalue weighted by Gasteiger charge is -2.43. The fourth-order valence-corrected chi connectivity index (χ4v) is 5.23. The molecule has 0 saturated carbocycles. The zero-order chi connectivity index (χ0) is 21.4. The van der Waals surface area contributed by atoms with E-state index >= 15 is 0 Å². The molecule has 31 heavy (non-hydrogen) atoms. The number of benzene rings is 2. The van der Waals surface area contributed by atoms with Gasteiger partial charge in [-0.1, -0.05) is 0 Å². The molecule has 0 unspecified atom stereocenters. The molecular weight excluding hydrogens is 398 g/mol. The van der Waals surface area contributed by atoms with E-state index in [2.05, 4.69) is 17.4 Å².